The van der Waals surface area contributed by atoms with E-state index in [9.17, 15) is 9.70 Å². The van der Waals surface area contributed by atoms with Gasteiger partial charge < -0.3 is 4.74 Å². The van der Waals surface area contributed by atoms with Crippen LogP contribution in [-0.4, -0.2) is 12.4 Å². The van der Waals surface area contributed by atoms with Gasteiger partial charge in [-0.1, -0.05) is 17.3 Å². The van der Waals surface area contributed by atoms with Crippen molar-refractivity contribution in [2.24, 2.45) is 5.18 Å². The van der Waals surface area contributed by atoms with E-state index in [-0.39, 0.29) is 5.78 Å². The van der Waals surface area contributed by atoms with E-state index in [0.717, 1.165) is 0 Å². The molecule has 2 rings (SSSR count). The minimum absolute atomic E-state index is 0.0639. The quantitative estimate of drug-likeness (QED) is 0.550. The lowest BCUT2D eigenvalue weighted by atomic mass is 9.94. The van der Waals surface area contributed by atoms with Crippen LogP contribution < -0.4 is 4.74 Å². The fraction of sp³-hybridized carbons (Fsp3) is 0.364. The van der Waals surface area contributed by atoms with Crippen molar-refractivity contribution in [3.8, 4) is 5.75 Å². The van der Waals surface area contributed by atoms with Crippen molar-refractivity contribution in [2.45, 2.75) is 19.4 Å². The average molecular weight is 205 g/mol. The Hall–Kier alpha value is -1.71. The predicted octanol–water partition coefficient (Wildman–Crippen LogP) is 2.48. The number of fused-ring (bicyclic) bond motifs is 1. The third-order valence-electron chi connectivity index (χ3n) is 2.55. The van der Waals surface area contributed by atoms with Crippen LogP contribution in [-0.2, 0) is 0 Å². The highest BCUT2D eigenvalue weighted by Crippen LogP contribution is 2.36. The minimum Gasteiger partial charge on any atom is -0.493 e. The van der Waals surface area contributed by atoms with E-state index in [2.05, 4.69) is 5.18 Å². The number of nitrogens with zero attached hydrogens (tertiary/aromatic N) is 1. The second-order valence-electron chi connectivity index (χ2n) is 3.53. The minimum atomic E-state index is -0.450. The maximum absolute atomic E-state index is 11.4. The summed E-state index contributed by atoms with van der Waals surface area (Å²) in [5.74, 6) is 0.546. The van der Waals surface area contributed by atoms with Crippen molar-refractivity contribution in [1.82, 2.24) is 0 Å². The van der Waals surface area contributed by atoms with Gasteiger partial charge in [-0.05, 0) is 13.0 Å². The number of hydrogen-bond acceptors (Lipinski definition) is 4. The number of ether oxygens (including phenoxy) is 1. The third kappa shape index (κ3) is 1.63. The van der Waals surface area contributed by atoms with Gasteiger partial charge in [-0.15, -0.1) is 0 Å². The topological polar surface area (TPSA) is 55.7 Å². The lowest BCUT2D eigenvalue weighted by molar-refractivity contribution is 0.101. The highest BCUT2D eigenvalue weighted by molar-refractivity contribution is 5.96. The van der Waals surface area contributed by atoms with Crippen molar-refractivity contribution >= 4 is 5.78 Å². The van der Waals surface area contributed by atoms with Gasteiger partial charge in [-0.2, -0.15) is 4.91 Å². The molecule has 0 bridgehead atoms. The fourth-order valence-electron chi connectivity index (χ4n) is 1.85. The molecule has 1 heterocycles. The molecule has 0 saturated carbocycles. The van der Waals surface area contributed by atoms with E-state index in [1.54, 1.807) is 18.2 Å². The average Bonchev–Trinajstić information content (AvgIpc) is 2.27. The van der Waals surface area contributed by atoms with Gasteiger partial charge in [0.05, 0.1) is 6.61 Å². The first-order chi connectivity index (χ1) is 7.24. The van der Waals surface area contributed by atoms with Gasteiger partial charge in [-0.25, -0.2) is 0 Å². The highest BCUT2D eigenvalue weighted by atomic mass is 16.5. The van der Waals surface area contributed by atoms with Gasteiger partial charge in [0.25, 0.3) is 0 Å². The molecule has 78 valence electrons. The van der Waals surface area contributed by atoms with Crippen LogP contribution in [0.1, 0.15) is 35.3 Å². The molecule has 0 spiro atoms. The molecule has 15 heavy (non-hydrogen) atoms. The molecule has 1 atom stereocenters. The van der Waals surface area contributed by atoms with E-state index >= 15 is 0 Å². The molecular formula is C11H11NO3. The summed E-state index contributed by atoms with van der Waals surface area (Å²) in [4.78, 5) is 22.1. The summed E-state index contributed by atoms with van der Waals surface area (Å²) in [7, 11) is 0. The molecule has 0 radical (unpaired) electrons. The molecule has 0 fully saturated rings. The monoisotopic (exact) mass is 205 g/mol. The van der Waals surface area contributed by atoms with Crippen LogP contribution in [0.25, 0.3) is 0 Å². The number of ketones is 1. The van der Waals surface area contributed by atoms with Crippen LogP contribution >= 0.6 is 0 Å². The van der Waals surface area contributed by atoms with Crippen LogP contribution in [0.4, 0.5) is 0 Å². The first-order valence-corrected chi connectivity index (χ1v) is 4.83. The Morgan fingerprint density at radius 3 is 3.00 bits per heavy atom. The van der Waals surface area contributed by atoms with Crippen molar-refractivity contribution in [3.05, 3.63) is 34.2 Å². The van der Waals surface area contributed by atoms with Crippen molar-refractivity contribution in [2.75, 3.05) is 6.61 Å². The normalized spacial score (nSPS) is 18.9. The molecule has 0 aliphatic carbocycles. The summed E-state index contributed by atoms with van der Waals surface area (Å²) in [6.07, 6.45) is 0.542. The Bertz CT molecular complexity index is 414. The zero-order valence-electron chi connectivity index (χ0n) is 8.40. The van der Waals surface area contributed by atoms with Gasteiger partial charge in [0.2, 0.25) is 0 Å². The number of nitroso groups, excluding NO2 is 1. The second kappa shape index (κ2) is 3.81. The maximum atomic E-state index is 11.4. The summed E-state index contributed by atoms with van der Waals surface area (Å²) in [6, 6.07) is 4.77. The van der Waals surface area contributed by atoms with Gasteiger partial charge in [0.1, 0.15) is 11.8 Å². The fourth-order valence-corrected chi connectivity index (χ4v) is 1.85. The number of hydrogen-bond donors (Lipinski definition) is 0. The lowest BCUT2D eigenvalue weighted by Crippen LogP contribution is -2.15. The van der Waals surface area contributed by atoms with Crippen molar-refractivity contribution < 1.29 is 9.53 Å². The van der Waals surface area contributed by atoms with E-state index in [0.29, 0.717) is 29.9 Å². The van der Waals surface area contributed by atoms with E-state index < -0.39 is 6.04 Å². The molecule has 4 nitrogen and oxygen atoms in total. The molecule has 4 heteroatoms. The maximum Gasteiger partial charge on any atom is 0.160 e. The van der Waals surface area contributed by atoms with E-state index in [1.165, 1.54) is 6.92 Å². The summed E-state index contributed by atoms with van der Waals surface area (Å²) in [5, 5.41) is 3.05. The first kappa shape index (κ1) is 9.83. The molecule has 1 aliphatic rings. The van der Waals surface area contributed by atoms with Crippen LogP contribution in [0, 0.1) is 4.91 Å². The lowest BCUT2D eigenvalue weighted by Gasteiger charge is -2.22. The summed E-state index contributed by atoms with van der Waals surface area (Å²) in [5.41, 5.74) is 1.18. The van der Waals surface area contributed by atoms with Crippen LogP contribution in [0.3, 0.4) is 0 Å². The Morgan fingerprint density at radius 1 is 1.53 bits per heavy atom. The molecule has 1 aromatic carbocycles. The zero-order valence-corrected chi connectivity index (χ0v) is 8.40. The second-order valence-corrected chi connectivity index (χ2v) is 3.53. The van der Waals surface area contributed by atoms with Gasteiger partial charge in [0.15, 0.2) is 5.78 Å². The Balaban J connectivity index is 2.59. The Kier molecular flexibility index (Phi) is 2.49. The smallest absolute Gasteiger partial charge is 0.160 e. The number of rotatable bonds is 2. The predicted molar refractivity (Wildman–Crippen MR) is 55.1 cm³/mol. The largest absolute Gasteiger partial charge is 0.493 e. The summed E-state index contributed by atoms with van der Waals surface area (Å²) >= 11 is 0. The van der Waals surface area contributed by atoms with E-state index in [4.69, 9.17) is 4.74 Å². The molecule has 0 aromatic heterocycles. The van der Waals surface area contributed by atoms with E-state index in [1.807, 2.05) is 0 Å². The molecule has 0 amide bonds. The van der Waals surface area contributed by atoms with Gasteiger partial charge in [-0.3, -0.25) is 4.79 Å². The van der Waals surface area contributed by atoms with Gasteiger partial charge in [0, 0.05) is 17.5 Å². The standard InChI is InChI=1S/C11H11NO3/c1-7(13)8-3-2-4-10-11(8)9(12-14)5-6-15-10/h2-4,9H,5-6H2,1H3. The zero-order chi connectivity index (χ0) is 10.8. The van der Waals surface area contributed by atoms with Crippen LogP contribution in [0.5, 0.6) is 5.75 Å². The number of carbonyl (C=O) groups is 1. The van der Waals surface area contributed by atoms with Crippen LogP contribution in [0.2, 0.25) is 0 Å². The summed E-state index contributed by atoms with van der Waals surface area (Å²) < 4.78 is 5.40. The molecule has 1 unspecified atom stereocenters. The number of carbonyl (C=O) groups excluding carboxylic acids is 1. The number of benzene rings is 1. The first-order valence-electron chi connectivity index (χ1n) is 4.83. The molecule has 1 aromatic rings. The molecular weight excluding hydrogens is 194 g/mol. The Morgan fingerprint density at radius 2 is 2.33 bits per heavy atom. The van der Waals surface area contributed by atoms with Crippen molar-refractivity contribution in [1.29, 1.82) is 0 Å². The number of Topliss-reactive ketones (excluding diaryl/α,β-unsaturated/α-hetero) is 1. The molecule has 0 N–H and O–H groups in total. The van der Waals surface area contributed by atoms with Gasteiger partial charge >= 0.3 is 0 Å². The molecule has 0 saturated heterocycles. The Labute approximate surface area is 87.2 Å². The van der Waals surface area contributed by atoms with Crippen LogP contribution in [0.15, 0.2) is 23.4 Å². The highest BCUT2D eigenvalue weighted by Gasteiger charge is 2.26. The van der Waals surface area contributed by atoms with Crippen molar-refractivity contribution in [3.63, 3.8) is 0 Å². The SMILES string of the molecule is CC(=O)c1cccc2c1C(N=O)CCO2. The summed E-state index contributed by atoms with van der Waals surface area (Å²) in [6.45, 7) is 1.96. The third-order valence-corrected chi connectivity index (χ3v) is 2.55. The molecule has 1 aliphatic heterocycles.